The number of sulfone groups is 1. The van der Waals surface area contributed by atoms with E-state index in [4.69, 9.17) is 27.9 Å². The van der Waals surface area contributed by atoms with Gasteiger partial charge >= 0.3 is 0 Å². The molecule has 2 fully saturated rings. The number of nitrogens with one attached hydrogen (secondary N) is 1. The van der Waals surface area contributed by atoms with Crippen LogP contribution in [0.25, 0.3) is 0 Å². The van der Waals surface area contributed by atoms with Gasteiger partial charge in [0.1, 0.15) is 15.4 Å². The van der Waals surface area contributed by atoms with Gasteiger partial charge in [-0.25, -0.2) is 26.5 Å². The van der Waals surface area contributed by atoms with E-state index >= 15 is 0 Å². The molecule has 1 N–H and O–H groups in total. The minimum Gasteiger partial charge on any atom is -0.381 e. The first-order valence-corrected chi connectivity index (χ1v) is 14.4. The standard InChI is InChI=1S/C19H23Cl2N5O6S2/c20-16-2-1-3-17(24-16)34(30,31)25-6-4-13(5-7-25)26-19(27)18(21)15(11-23-26)22-10-14-12-32-8-9-33(14,28)29/h1-3,11,13-14,22H,4-10,12H2/t14-/m0/s1. The number of halogens is 2. The van der Waals surface area contributed by atoms with Gasteiger partial charge in [0.05, 0.1) is 36.9 Å². The van der Waals surface area contributed by atoms with Crippen molar-refractivity contribution in [3.8, 4) is 0 Å². The van der Waals surface area contributed by atoms with Gasteiger partial charge in [-0.05, 0) is 25.0 Å². The zero-order chi connectivity index (χ0) is 24.5. The van der Waals surface area contributed by atoms with Crippen molar-refractivity contribution >= 4 is 48.7 Å². The van der Waals surface area contributed by atoms with Crippen LogP contribution >= 0.6 is 23.2 Å². The van der Waals surface area contributed by atoms with Crippen molar-refractivity contribution in [1.29, 1.82) is 0 Å². The molecule has 2 saturated heterocycles. The monoisotopic (exact) mass is 551 g/mol. The van der Waals surface area contributed by atoms with Crippen molar-refractivity contribution < 1.29 is 21.6 Å². The average molecular weight is 552 g/mol. The fourth-order valence-corrected chi connectivity index (χ4v) is 7.05. The summed E-state index contributed by atoms with van der Waals surface area (Å²) in [5.74, 6) is -0.0469. The number of nitrogens with zero attached hydrogens (tertiary/aromatic N) is 4. The third-order valence-electron chi connectivity index (χ3n) is 5.85. The largest absolute Gasteiger partial charge is 0.381 e. The predicted molar refractivity (Wildman–Crippen MR) is 127 cm³/mol. The molecule has 0 saturated carbocycles. The summed E-state index contributed by atoms with van der Waals surface area (Å²) in [5, 5.41) is 6.20. The van der Waals surface area contributed by atoms with Crippen molar-refractivity contribution in [2.75, 3.05) is 43.9 Å². The van der Waals surface area contributed by atoms with Gasteiger partial charge in [0.15, 0.2) is 14.9 Å². The minimum absolute atomic E-state index is 0.0426. The van der Waals surface area contributed by atoms with Gasteiger partial charge < -0.3 is 10.1 Å². The van der Waals surface area contributed by atoms with Crippen molar-refractivity contribution in [2.45, 2.75) is 29.2 Å². The van der Waals surface area contributed by atoms with Gasteiger partial charge in [-0.1, -0.05) is 29.3 Å². The highest BCUT2D eigenvalue weighted by atomic mass is 35.5. The molecular formula is C19H23Cl2N5O6S2. The first-order chi connectivity index (χ1) is 16.1. The van der Waals surface area contributed by atoms with Crippen LogP contribution in [-0.2, 0) is 24.6 Å². The summed E-state index contributed by atoms with van der Waals surface area (Å²) in [7, 11) is -7.09. The highest BCUT2D eigenvalue weighted by molar-refractivity contribution is 7.92. The molecule has 2 aliphatic rings. The highest BCUT2D eigenvalue weighted by Crippen LogP contribution is 2.27. The van der Waals surface area contributed by atoms with E-state index < -0.39 is 30.7 Å². The van der Waals surface area contributed by atoms with E-state index in [2.05, 4.69) is 15.4 Å². The Morgan fingerprint density at radius 2 is 1.94 bits per heavy atom. The fraction of sp³-hybridized carbons (Fsp3) is 0.526. The van der Waals surface area contributed by atoms with E-state index in [0.717, 1.165) is 0 Å². The first-order valence-electron chi connectivity index (χ1n) is 10.5. The number of aromatic nitrogens is 3. The third-order valence-corrected chi connectivity index (χ3v) is 10.3. The van der Waals surface area contributed by atoms with Gasteiger partial charge in [-0.15, -0.1) is 0 Å². The van der Waals surface area contributed by atoms with Crippen LogP contribution in [0.3, 0.4) is 0 Å². The topological polar surface area (TPSA) is 141 Å². The number of ether oxygens (including phenoxy) is 1. The summed E-state index contributed by atoms with van der Waals surface area (Å²) in [5.41, 5.74) is -0.303. The molecule has 4 heterocycles. The van der Waals surface area contributed by atoms with Crippen LogP contribution in [0, 0.1) is 0 Å². The molecule has 1 atom stereocenters. The lowest BCUT2D eigenvalue weighted by molar-refractivity contribution is 0.140. The Morgan fingerprint density at radius 1 is 1.21 bits per heavy atom. The van der Waals surface area contributed by atoms with E-state index in [1.807, 2.05) is 0 Å². The van der Waals surface area contributed by atoms with Crippen LogP contribution in [0.15, 0.2) is 34.2 Å². The maximum atomic E-state index is 12.8. The predicted octanol–water partition coefficient (Wildman–Crippen LogP) is 1.20. The second-order valence-electron chi connectivity index (χ2n) is 8.00. The molecule has 186 valence electrons. The summed E-state index contributed by atoms with van der Waals surface area (Å²) in [6, 6.07) is 4.06. The lowest BCUT2D eigenvalue weighted by Crippen LogP contribution is -2.42. The van der Waals surface area contributed by atoms with Crippen LogP contribution in [0.4, 0.5) is 5.69 Å². The number of anilines is 1. The Kier molecular flexibility index (Phi) is 7.50. The lowest BCUT2D eigenvalue weighted by atomic mass is 10.1. The Balaban J connectivity index is 1.43. The smallest absolute Gasteiger partial charge is 0.287 e. The number of piperidine rings is 1. The summed E-state index contributed by atoms with van der Waals surface area (Å²) in [4.78, 5) is 16.7. The quantitative estimate of drug-likeness (QED) is 0.524. The number of rotatable bonds is 6. The molecule has 4 rings (SSSR count). The molecule has 0 radical (unpaired) electrons. The lowest BCUT2D eigenvalue weighted by Gasteiger charge is -2.31. The molecule has 0 unspecified atom stereocenters. The number of pyridine rings is 1. The van der Waals surface area contributed by atoms with Crippen molar-refractivity contribution in [2.24, 2.45) is 0 Å². The van der Waals surface area contributed by atoms with E-state index in [9.17, 15) is 21.6 Å². The number of hydrogen-bond acceptors (Lipinski definition) is 9. The molecule has 2 aliphatic heterocycles. The summed E-state index contributed by atoms with van der Waals surface area (Å²) >= 11 is 12.1. The molecule has 15 heteroatoms. The van der Waals surface area contributed by atoms with E-state index in [-0.39, 0.29) is 65.5 Å². The first kappa shape index (κ1) is 25.3. The molecule has 0 spiro atoms. The summed E-state index contributed by atoms with van der Waals surface area (Å²) < 4.78 is 57.7. The second kappa shape index (κ2) is 10.1. The van der Waals surface area contributed by atoms with Gasteiger partial charge in [-0.2, -0.15) is 9.40 Å². The Bertz CT molecular complexity index is 1330. The highest BCUT2D eigenvalue weighted by Gasteiger charge is 2.33. The van der Waals surface area contributed by atoms with E-state index in [0.29, 0.717) is 12.8 Å². The van der Waals surface area contributed by atoms with Gasteiger partial charge in [0, 0.05) is 19.6 Å². The van der Waals surface area contributed by atoms with Crippen molar-refractivity contribution in [3.63, 3.8) is 0 Å². The summed E-state index contributed by atoms with van der Waals surface area (Å²) in [6.07, 6.45) is 2.08. The maximum Gasteiger partial charge on any atom is 0.287 e. The van der Waals surface area contributed by atoms with Crippen molar-refractivity contribution in [1.82, 2.24) is 19.1 Å². The Labute approximate surface area is 207 Å². The average Bonchev–Trinajstić information content (AvgIpc) is 2.81. The third kappa shape index (κ3) is 5.24. The Morgan fingerprint density at radius 3 is 2.62 bits per heavy atom. The molecule has 2 aromatic heterocycles. The van der Waals surface area contributed by atoms with Gasteiger partial charge in [0.2, 0.25) is 0 Å². The van der Waals surface area contributed by atoms with E-state index in [1.165, 1.54) is 33.4 Å². The van der Waals surface area contributed by atoms with Crippen LogP contribution < -0.4 is 10.9 Å². The number of sulfonamides is 1. The molecule has 0 aromatic carbocycles. The summed E-state index contributed by atoms with van der Waals surface area (Å²) in [6.45, 7) is 0.635. The van der Waals surface area contributed by atoms with Crippen molar-refractivity contribution in [3.05, 3.63) is 44.9 Å². The molecule has 34 heavy (non-hydrogen) atoms. The SMILES string of the molecule is O=c1c(Cl)c(NC[C@H]2COCCS2(=O)=O)cnn1C1CCN(S(=O)(=O)c2cccc(Cl)n2)CC1. The fourth-order valence-electron chi connectivity index (χ4n) is 3.89. The normalized spacial score (nSPS) is 21.9. The molecule has 2 aromatic rings. The van der Waals surface area contributed by atoms with Crippen LogP contribution in [0.2, 0.25) is 10.2 Å². The molecule has 0 amide bonds. The molecular weight excluding hydrogens is 529 g/mol. The van der Waals surface area contributed by atoms with Crippen LogP contribution in [0.1, 0.15) is 18.9 Å². The van der Waals surface area contributed by atoms with Crippen LogP contribution in [0.5, 0.6) is 0 Å². The number of hydrogen-bond donors (Lipinski definition) is 1. The maximum absolute atomic E-state index is 12.8. The zero-order valence-corrected chi connectivity index (χ0v) is 21.1. The molecule has 0 aliphatic carbocycles. The zero-order valence-electron chi connectivity index (χ0n) is 17.9. The Hall–Kier alpha value is -1.77. The molecule has 11 nitrogen and oxygen atoms in total. The van der Waals surface area contributed by atoms with Gasteiger partial charge in [0.25, 0.3) is 15.6 Å². The molecule has 0 bridgehead atoms. The van der Waals surface area contributed by atoms with Crippen LogP contribution in [-0.4, -0.2) is 79.8 Å². The van der Waals surface area contributed by atoms with Gasteiger partial charge in [-0.3, -0.25) is 4.79 Å². The second-order valence-corrected chi connectivity index (χ2v) is 13.1. The van der Waals surface area contributed by atoms with E-state index in [1.54, 1.807) is 0 Å². The minimum atomic E-state index is -3.81.